The molecule has 0 aromatic heterocycles. The fraction of sp³-hybridized carbons (Fsp3) is 0.600. The summed E-state index contributed by atoms with van der Waals surface area (Å²) in [6, 6.07) is 5.84. The molecule has 0 amide bonds. The Morgan fingerprint density at radius 1 is 1.33 bits per heavy atom. The number of aliphatic hydroxyl groups is 1. The van der Waals surface area contributed by atoms with Crippen molar-refractivity contribution in [3.8, 4) is 0 Å². The van der Waals surface area contributed by atoms with Crippen molar-refractivity contribution in [2.75, 3.05) is 13.1 Å². The maximum absolute atomic E-state index is 12.3. The first-order valence-electron chi connectivity index (χ1n) is 7.89. The van der Waals surface area contributed by atoms with Gasteiger partial charge in [0.15, 0.2) is 4.90 Å². The van der Waals surface area contributed by atoms with E-state index in [-0.39, 0.29) is 6.54 Å². The van der Waals surface area contributed by atoms with Gasteiger partial charge in [-0.05, 0) is 32.8 Å². The molecule has 3 atom stereocenters. The molecule has 8 nitrogen and oxygen atoms in total. The van der Waals surface area contributed by atoms with E-state index in [1.165, 1.54) is 18.2 Å². The van der Waals surface area contributed by atoms with Crippen LogP contribution in [0.25, 0.3) is 0 Å². The van der Waals surface area contributed by atoms with E-state index >= 15 is 0 Å². The van der Waals surface area contributed by atoms with E-state index < -0.39 is 31.6 Å². The number of nitro benzene ring substituents is 1. The molecule has 0 aliphatic carbocycles. The molecule has 24 heavy (non-hydrogen) atoms. The molecular weight excluding hydrogens is 334 g/mol. The van der Waals surface area contributed by atoms with Crippen molar-refractivity contribution >= 4 is 15.7 Å². The third-order valence-corrected chi connectivity index (χ3v) is 5.89. The van der Waals surface area contributed by atoms with Gasteiger partial charge in [0, 0.05) is 31.2 Å². The van der Waals surface area contributed by atoms with Gasteiger partial charge in [-0.1, -0.05) is 12.1 Å². The third kappa shape index (κ3) is 4.29. The van der Waals surface area contributed by atoms with Crippen LogP contribution in [0.2, 0.25) is 0 Å². The molecule has 0 radical (unpaired) electrons. The molecule has 1 aromatic rings. The van der Waals surface area contributed by atoms with E-state index in [1.54, 1.807) is 0 Å². The Morgan fingerprint density at radius 2 is 1.92 bits per heavy atom. The highest BCUT2D eigenvalue weighted by Crippen LogP contribution is 2.24. The lowest BCUT2D eigenvalue weighted by Crippen LogP contribution is -2.43. The average Bonchev–Trinajstić information content (AvgIpc) is 2.85. The lowest BCUT2D eigenvalue weighted by molar-refractivity contribution is -0.387. The standard InChI is InChI=1S/C15H23N3O5S/c1-11-7-8-12(2)17(11)10-13(19)9-16-24(22,23)15-6-4-3-5-14(15)18(20)21/h3-6,11-13,16,19H,7-10H2,1-2H3/t11?,12?,13-/m0/s1. The van der Waals surface area contributed by atoms with Gasteiger partial charge in [-0.3, -0.25) is 15.0 Å². The van der Waals surface area contributed by atoms with Crippen LogP contribution in [-0.2, 0) is 10.0 Å². The summed E-state index contributed by atoms with van der Waals surface area (Å²) in [6.07, 6.45) is 1.22. The Kier molecular flexibility index (Phi) is 5.92. The number of sulfonamides is 1. The number of benzene rings is 1. The molecule has 1 aliphatic heterocycles. The van der Waals surface area contributed by atoms with Crippen LogP contribution in [0.15, 0.2) is 29.2 Å². The number of likely N-dealkylation sites (tertiary alicyclic amines) is 1. The summed E-state index contributed by atoms with van der Waals surface area (Å²) >= 11 is 0. The van der Waals surface area contributed by atoms with E-state index in [0.29, 0.717) is 18.6 Å². The molecule has 1 aliphatic rings. The van der Waals surface area contributed by atoms with Gasteiger partial charge in [0.05, 0.1) is 11.0 Å². The van der Waals surface area contributed by atoms with Crippen LogP contribution in [0.4, 0.5) is 5.69 Å². The molecule has 134 valence electrons. The normalized spacial score (nSPS) is 23.3. The van der Waals surface area contributed by atoms with Gasteiger partial charge in [-0.15, -0.1) is 0 Å². The molecule has 1 fully saturated rings. The van der Waals surface area contributed by atoms with Crippen molar-refractivity contribution in [1.29, 1.82) is 0 Å². The molecule has 2 unspecified atom stereocenters. The van der Waals surface area contributed by atoms with E-state index in [9.17, 15) is 23.6 Å². The number of nitro groups is 1. The quantitative estimate of drug-likeness (QED) is 0.558. The summed E-state index contributed by atoms with van der Waals surface area (Å²) in [5, 5.41) is 21.1. The molecule has 0 saturated carbocycles. The second-order valence-corrected chi connectivity index (χ2v) is 7.94. The van der Waals surface area contributed by atoms with Gasteiger partial charge in [-0.25, -0.2) is 13.1 Å². The number of para-hydroxylation sites is 1. The molecule has 2 N–H and O–H groups in total. The van der Waals surface area contributed by atoms with Crippen molar-refractivity contribution in [2.45, 2.75) is 49.8 Å². The fourth-order valence-electron chi connectivity index (χ4n) is 3.04. The summed E-state index contributed by atoms with van der Waals surface area (Å²) in [5.74, 6) is 0. The van der Waals surface area contributed by atoms with E-state index in [4.69, 9.17) is 0 Å². The smallest absolute Gasteiger partial charge is 0.289 e. The van der Waals surface area contributed by atoms with Crippen LogP contribution in [0.3, 0.4) is 0 Å². The molecule has 0 bridgehead atoms. The molecule has 0 spiro atoms. The lowest BCUT2D eigenvalue weighted by atomic mass is 10.2. The topological polar surface area (TPSA) is 113 Å². The van der Waals surface area contributed by atoms with Crippen molar-refractivity contribution in [1.82, 2.24) is 9.62 Å². The van der Waals surface area contributed by atoms with E-state index in [1.807, 2.05) is 0 Å². The maximum atomic E-state index is 12.3. The zero-order valence-electron chi connectivity index (χ0n) is 13.8. The van der Waals surface area contributed by atoms with Gasteiger partial charge < -0.3 is 5.11 Å². The van der Waals surface area contributed by atoms with Crippen LogP contribution < -0.4 is 4.72 Å². The summed E-state index contributed by atoms with van der Waals surface area (Å²) in [6.45, 7) is 4.33. The van der Waals surface area contributed by atoms with Crippen molar-refractivity contribution < 1.29 is 18.4 Å². The number of nitrogens with one attached hydrogen (secondary N) is 1. The van der Waals surface area contributed by atoms with Crippen molar-refractivity contribution in [3.63, 3.8) is 0 Å². The number of hydrogen-bond donors (Lipinski definition) is 2. The molecule has 1 heterocycles. The predicted octanol–water partition coefficient (Wildman–Crippen LogP) is 1.11. The zero-order valence-corrected chi connectivity index (χ0v) is 14.6. The first kappa shape index (κ1) is 18.8. The fourth-order valence-corrected chi connectivity index (χ4v) is 4.28. The highest BCUT2D eigenvalue weighted by atomic mass is 32.2. The second kappa shape index (κ2) is 7.56. The van der Waals surface area contributed by atoms with E-state index in [2.05, 4.69) is 23.5 Å². The minimum Gasteiger partial charge on any atom is -0.390 e. The Hall–Kier alpha value is -1.55. The zero-order chi connectivity index (χ0) is 17.9. The number of aliphatic hydroxyl groups excluding tert-OH is 1. The SMILES string of the molecule is CC1CCC(C)N1C[C@@H](O)CNS(=O)(=O)c1ccccc1[N+](=O)[O-]. The van der Waals surface area contributed by atoms with Gasteiger partial charge in [-0.2, -0.15) is 0 Å². The number of rotatable bonds is 7. The Morgan fingerprint density at radius 3 is 2.50 bits per heavy atom. The third-order valence-electron chi connectivity index (χ3n) is 4.42. The Bertz CT molecular complexity index is 684. The monoisotopic (exact) mass is 357 g/mol. The summed E-state index contributed by atoms with van der Waals surface area (Å²) in [4.78, 5) is 12.0. The van der Waals surface area contributed by atoms with Crippen molar-refractivity contribution in [2.24, 2.45) is 0 Å². The van der Waals surface area contributed by atoms with Gasteiger partial charge in [0.25, 0.3) is 5.69 Å². The largest absolute Gasteiger partial charge is 0.390 e. The molecular formula is C15H23N3O5S. The van der Waals surface area contributed by atoms with Crippen LogP contribution in [0.5, 0.6) is 0 Å². The highest BCUT2D eigenvalue weighted by Gasteiger charge is 2.30. The number of β-amino-alcohol motifs (C(OH)–C–C–N with tert-alkyl or cyclic N) is 1. The van der Waals surface area contributed by atoms with Crippen LogP contribution in [-0.4, -0.2) is 54.6 Å². The average molecular weight is 357 g/mol. The van der Waals surface area contributed by atoms with Crippen LogP contribution in [0, 0.1) is 10.1 Å². The molecule has 1 aromatic carbocycles. The molecule has 2 rings (SSSR count). The van der Waals surface area contributed by atoms with Crippen molar-refractivity contribution in [3.05, 3.63) is 34.4 Å². The highest BCUT2D eigenvalue weighted by molar-refractivity contribution is 7.89. The van der Waals surface area contributed by atoms with Gasteiger partial charge >= 0.3 is 0 Å². The summed E-state index contributed by atoms with van der Waals surface area (Å²) in [5.41, 5.74) is -0.485. The molecule has 9 heteroatoms. The van der Waals surface area contributed by atoms with E-state index in [0.717, 1.165) is 18.9 Å². The predicted molar refractivity (Wildman–Crippen MR) is 89.2 cm³/mol. The first-order valence-corrected chi connectivity index (χ1v) is 9.37. The molecule has 1 saturated heterocycles. The van der Waals surface area contributed by atoms with Crippen LogP contribution >= 0.6 is 0 Å². The number of hydrogen-bond acceptors (Lipinski definition) is 6. The Balaban J connectivity index is 2.01. The first-order chi connectivity index (χ1) is 11.2. The summed E-state index contributed by atoms with van der Waals surface area (Å²) < 4.78 is 26.8. The summed E-state index contributed by atoms with van der Waals surface area (Å²) in [7, 11) is -4.06. The minimum absolute atomic E-state index is 0.190. The van der Waals surface area contributed by atoms with Crippen LogP contribution in [0.1, 0.15) is 26.7 Å². The second-order valence-electron chi connectivity index (χ2n) is 6.20. The minimum atomic E-state index is -4.06. The van der Waals surface area contributed by atoms with Gasteiger partial charge in [0.1, 0.15) is 0 Å². The Labute approximate surface area is 141 Å². The maximum Gasteiger partial charge on any atom is 0.289 e. The number of nitrogens with zero attached hydrogens (tertiary/aromatic N) is 2. The lowest BCUT2D eigenvalue weighted by Gasteiger charge is -2.28. The van der Waals surface area contributed by atoms with Gasteiger partial charge in [0.2, 0.25) is 10.0 Å².